The monoisotopic (exact) mass is 330 g/mol. The average Bonchev–Trinajstić information content (AvgIpc) is 2.54. The van der Waals surface area contributed by atoms with Gasteiger partial charge in [0.15, 0.2) is 0 Å². The Bertz CT molecular complexity index is 810. The summed E-state index contributed by atoms with van der Waals surface area (Å²) in [5.74, 6) is 0. The molecule has 22 heavy (non-hydrogen) atoms. The molecule has 0 N–H and O–H groups in total. The van der Waals surface area contributed by atoms with Gasteiger partial charge in [-0.1, -0.05) is 29.8 Å². The van der Waals surface area contributed by atoms with Crippen molar-refractivity contribution in [2.24, 2.45) is 0 Å². The van der Waals surface area contributed by atoms with Crippen molar-refractivity contribution in [3.05, 3.63) is 59.9 Å². The van der Waals surface area contributed by atoms with Gasteiger partial charge in [-0.2, -0.15) is 0 Å². The van der Waals surface area contributed by atoms with Crippen molar-refractivity contribution in [3.63, 3.8) is 0 Å². The molecule has 0 fully saturated rings. The quantitative estimate of drug-likeness (QED) is 0.485. The van der Waals surface area contributed by atoms with E-state index in [1.165, 1.54) is 12.2 Å². The third kappa shape index (κ3) is 2.90. The molecule has 112 valence electrons. The van der Waals surface area contributed by atoms with Crippen LogP contribution in [0.25, 0.3) is 21.9 Å². The third-order valence-corrected chi connectivity index (χ3v) is 4.24. The van der Waals surface area contributed by atoms with Crippen LogP contribution >= 0.6 is 23.8 Å². The van der Waals surface area contributed by atoms with Gasteiger partial charge < -0.3 is 4.18 Å². The molecular weight excluding hydrogens is 316 g/mol. The smallest absolute Gasteiger partial charge is 0.113 e. The highest BCUT2D eigenvalue weighted by molar-refractivity contribution is 7.96. The maximum Gasteiger partial charge on any atom is 0.113 e. The van der Waals surface area contributed by atoms with Crippen LogP contribution in [0.2, 0.25) is 5.02 Å². The van der Waals surface area contributed by atoms with Crippen LogP contribution in [-0.4, -0.2) is 19.1 Å². The standard InChI is InChI=1S/C17H15ClN2OS/c1-20(22-21-2)16-7-6-13-11-19-9-8-15(13)17(16)12-4-3-5-14(18)10-12/h3-11H,1-2H3. The van der Waals surface area contributed by atoms with E-state index in [1.807, 2.05) is 48.0 Å². The maximum atomic E-state index is 6.18. The molecule has 0 radical (unpaired) electrons. The summed E-state index contributed by atoms with van der Waals surface area (Å²) in [7, 11) is 3.63. The van der Waals surface area contributed by atoms with Crippen LogP contribution in [0.5, 0.6) is 0 Å². The molecule has 0 atom stereocenters. The topological polar surface area (TPSA) is 25.4 Å². The molecule has 0 aliphatic heterocycles. The lowest BCUT2D eigenvalue weighted by Gasteiger charge is -2.21. The van der Waals surface area contributed by atoms with Crippen molar-refractivity contribution in [2.45, 2.75) is 0 Å². The highest BCUT2D eigenvalue weighted by Gasteiger charge is 2.14. The molecule has 0 bridgehead atoms. The van der Waals surface area contributed by atoms with Crippen LogP contribution in [0.15, 0.2) is 54.9 Å². The Labute approximate surface area is 139 Å². The summed E-state index contributed by atoms with van der Waals surface area (Å²) in [5.41, 5.74) is 3.25. The van der Waals surface area contributed by atoms with Gasteiger partial charge in [0.2, 0.25) is 0 Å². The molecule has 2 aromatic carbocycles. The third-order valence-electron chi connectivity index (χ3n) is 3.44. The molecule has 0 aliphatic carbocycles. The SMILES string of the molecule is COSN(C)c1ccc2cnccc2c1-c1cccc(Cl)c1. The van der Waals surface area contributed by atoms with Gasteiger partial charge in [0.1, 0.15) is 12.2 Å². The molecule has 3 aromatic rings. The molecule has 0 unspecified atom stereocenters. The van der Waals surface area contributed by atoms with Gasteiger partial charge in [-0.25, -0.2) is 0 Å². The van der Waals surface area contributed by atoms with Crippen molar-refractivity contribution in [2.75, 3.05) is 18.5 Å². The van der Waals surface area contributed by atoms with Gasteiger partial charge in [-0.15, -0.1) is 0 Å². The second-order valence-corrected chi connectivity index (χ2v) is 6.27. The predicted octanol–water partition coefficient (Wildman–Crippen LogP) is 5.20. The molecule has 0 saturated heterocycles. The zero-order valence-electron chi connectivity index (χ0n) is 12.3. The molecule has 0 aliphatic rings. The number of hydrogen-bond donors (Lipinski definition) is 0. The van der Waals surface area contributed by atoms with Crippen LogP contribution in [0.4, 0.5) is 5.69 Å². The Hall–Kier alpha value is -1.75. The van der Waals surface area contributed by atoms with E-state index in [-0.39, 0.29) is 0 Å². The summed E-state index contributed by atoms with van der Waals surface area (Å²) in [5, 5.41) is 2.95. The van der Waals surface area contributed by atoms with Crippen LogP contribution in [-0.2, 0) is 4.18 Å². The summed E-state index contributed by atoms with van der Waals surface area (Å²) in [6.07, 6.45) is 3.68. The van der Waals surface area contributed by atoms with Gasteiger partial charge in [0.05, 0.1) is 12.8 Å². The fraction of sp³-hybridized carbons (Fsp3) is 0.118. The van der Waals surface area contributed by atoms with E-state index in [0.29, 0.717) is 0 Å². The minimum Gasteiger partial charge on any atom is -0.300 e. The Kier molecular flexibility index (Phi) is 4.52. The zero-order chi connectivity index (χ0) is 15.5. The average molecular weight is 331 g/mol. The van der Waals surface area contributed by atoms with E-state index in [9.17, 15) is 0 Å². The number of nitrogens with zero attached hydrogens (tertiary/aromatic N) is 2. The number of rotatable bonds is 4. The number of benzene rings is 2. The fourth-order valence-electron chi connectivity index (χ4n) is 2.52. The van der Waals surface area contributed by atoms with E-state index in [2.05, 4.69) is 23.2 Å². The largest absolute Gasteiger partial charge is 0.300 e. The first kappa shape index (κ1) is 15.2. The molecule has 0 amide bonds. The van der Waals surface area contributed by atoms with Gasteiger partial charge in [0, 0.05) is 35.4 Å². The maximum absolute atomic E-state index is 6.18. The van der Waals surface area contributed by atoms with Crippen LogP contribution in [0.1, 0.15) is 0 Å². The van der Waals surface area contributed by atoms with Gasteiger partial charge in [-0.05, 0) is 35.2 Å². The van der Waals surface area contributed by atoms with Crippen molar-refractivity contribution in [1.29, 1.82) is 0 Å². The van der Waals surface area contributed by atoms with E-state index >= 15 is 0 Å². The summed E-state index contributed by atoms with van der Waals surface area (Å²) >= 11 is 7.47. The van der Waals surface area contributed by atoms with Gasteiger partial charge >= 0.3 is 0 Å². The summed E-state index contributed by atoms with van der Waals surface area (Å²) in [6.45, 7) is 0. The molecule has 3 nitrogen and oxygen atoms in total. The minimum atomic E-state index is 0.719. The van der Waals surface area contributed by atoms with Crippen molar-refractivity contribution in [3.8, 4) is 11.1 Å². The molecule has 0 saturated carbocycles. The summed E-state index contributed by atoms with van der Waals surface area (Å²) < 4.78 is 7.19. The first-order chi connectivity index (χ1) is 10.7. The van der Waals surface area contributed by atoms with Crippen LogP contribution in [0.3, 0.4) is 0 Å². The van der Waals surface area contributed by atoms with E-state index in [0.717, 1.165) is 32.6 Å². The molecule has 1 aromatic heterocycles. The molecular formula is C17H15ClN2OS. The van der Waals surface area contributed by atoms with Crippen LogP contribution in [0, 0.1) is 0 Å². The van der Waals surface area contributed by atoms with Crippen molar-refractivity contribution in [1.82, 2.24) is 4.98 Å². The second-order valence-electron chi connectivity index (χ2n) is 4.81. The van der Waals surface area contributed by atoms with E-state index in [4.69, 9.17) is 15.8 Å². The zero-order valence-corrected chi connectivity index (χ0v) is 13.9. The Morgan fingerprint density at radius 2 is 2.05 bits per heavy atom. The number of aromatic nitrogens is 1. The number of anilines is 1. The number of fused-ring (bicyclic) bond motifs is 1. The predicted molar refractivity (Wildman–Crippen MR) is 95.2 cm³/mol. The number of halogens is 1. The molecule has 0 spiro atoms. The van der Waals surface area contributed by atoms with Crippen LogP contribution < -0.4 is 4.31 Å². The Morgan fingerprint density at radius 1 is 1.18 bits per heavy atom. The van der Waals surface area contributed by atoms with Gasteiger partial charge in [0.25, 0.3) is 0 Å². The minimum absolute atomic E-state index is 0.719. The van der Waals surface area contributed by atoms with Crippen molar-refractivity contribution < 1.29 is 4.18 Å². The highest BCUT2D eigenvalue weighted by atomic mass is 35.5. The van der Waals surface area contributed by atoms with E-state index < -0.39 is 0 Å². The first-order valence-corrected chi connectivity index (χ1v) is 7.85. The lowest BCUT2D eigenvalue weighted by molar-refractivity contribution is 0.489. The fourth-order valence-corrected chi connectivity index (χ4v) is 3.17. The van der Waals surface area contributed by atoms with E-state index in [1.54, 1.807) is 7.11 Å². The first-order valence-electron chi connectivity index (χ1n) is 6.78. The highest BCUT2D eigenvalue weighted by Crippen LogP contribution is 2.39. The van der Waals surface area contributed by atoms with Gasteiger partial charge in [-0.3, -0.25) is 9.29 Å². The lowest BCUT2D eigenvalue weighted by Crippen LogP contribution is -2.08. The van der Waals surface area contributed by atoms with Crippen molar-refractivity contribution >= 4 is 40.3 Å². The second kappa shape index (κ2) is 6.57. The molecule has 3 rings (SSSR count). The summed E-state index contributed by atoms with van der Waals surface area (Å²) in [4.78, 5) is 4.21. The Balaban J connectivity index is 2.29. The molecule has 1 heterocycles. The normalized spacial score (nSPS) is 10.9. The Morgan fingerprint density at radius 3 is 2.82 bits per heavy atom. The number of hydrogen-bond acceptors (Lipinski definition) is 4. The lowest BCUT2D eigenvalue weighted by atomic mass is 9.97. The molecule has 5 heteroatoms. The number of pyridine rings is 1. The summed E-state index contributed by atoms with van der Waals surface area (Å²) in [6, 6.07) is 14.1.